The number of imide groups is 1. The zero-order valence-electron chi connectivity index (χ0n) is 17.3. The Morgan fingerprint density at radius 3 is 2.54 bits per heavy atom. The van der Waals surface area contributed by atoms with Crippen LogP contribution in [0.25, 0.3) is 0 Å². The van der Waals surface area contributed by atoms with E-state index in [0.29, 0.717) is 6.67 Å². The number of rotatable bonds is 3. The van der Waals surface area contributed by atoms with Gasteiger partial charge in [-0.25, -0.2) is 4.90 Å². The minimum atomic E-state index is -0.412. The van der Waals surface area contributed by atoms with E-state index in [1.807, 2.05) is 12.1 Å². The van der Waals surface area contributed by atoms with Crippen molar-refractivity contribution in [3.8, 4) is 0 Å². The van der Waals surface area contributed by atoms with Crippen LogP contribution in [0.5, 0.6) is 0 Å². The first kappa shape index (κ1) is 19.7. The van der Waals surface area contributed by atoms with Gasteiger partial charge in [0.25, 0.3) is 0 Å². The summed E-state index contributed by atoms with van der Waals surface area (Å²) in [6.45, 7) is 12.5. The van der Waals surface area contributed by atoms with Crippen molar-refractivity contribution in [1.29, 1.82) is 0 Å². The molecule has 1 aliphatic carbocycles. The summed E-state index contributed by atoms with van der Waals surface area (Å²) in [4.78, 5) is 31.5. The average molecular weight is 405 g/mol. The summed E-state index contributed by atoms with van der Waals surface area (Å²) in [5.74, 6) is 0.0625. The van der Waals surface area contributed by atoms with Gasteiger partial charge >= 0.3 is 0 Å². The second-order valence-corrected chi connectivity index (χ2v) is 9.98. The smallest absolute Gasteiger partial charge is 0.240 e. The molecule has 1 N–H and O–H groups in total. The molecule has 0 radical (unpaired) electrons. The lowest BCUT2D eigenvalue weighted by molar-refractivity contribution is -0.908. The lowest BCUT2D eigenvalue weighted by Crippen LogP contribution is -3.16. The standard InChI is InChI=1S/C22H30ClN3O2/c1-15-5-6-16(23)13-18(15)25-11-9-24(10-12-25)14-26-19(27)17-7-8-22(4,20(26)28)21(17,2)3/h5-6,13,17H,7-12,14H2,1-4H3/p+1/t17-,22+/m1/s1. The minimum absolute atomic E-state index is 0.0231. The van der Waals surface area contributed by atoms with Crippen LogP contribution in [0, 0.1) is 23.7 Å². The number of hydrogen-bond acceptors (Lipinski definition) is 3. The van der Waals surface area contributed by atoms with E-state index in [0.717, 1.165) is 44.0 Å². The van der Waals surface area contributed by atoms with Crippen molar-refractivity contribution >= 4 is 29.1 Å². The van der Waals surface area contributed by atoms with E-state index in [1.165, 1.54) is 16.2 Å². The SMILES string of the molecule is Cc1ccc(Cl)cc1N1CC[NH+](CN2C(=O)[C@H]3CC[C@@](C)(C2=O)C3(C)C)CC1. The molecular formula is C22H31ClN3O2+. The summed E-state index contributed by atoms with van der Waals surface area (Å²) in [7, 11) is 0. The highest BCUT2D eigenvalue weighted by atomic mass is 35.5. The predicted molar refractivity (Wildman–Crippen MR) is 110 cm³/mol. The third-order valence-electron chi connectivity index (χ3n) is 7.87. The van der Waals surface area contributed by atoms with Gasteiger partial charge in [-0.05, 0) is 42.9 Å². The van der Waals surface area contributed by atoms with Crippen LogP contribution in [-0.2, 0) is 9.59 Å². The van der Waals surface area contributed by atoms with Crippen molar-refractivity contribution in [2.75, 3.05) is 37.7 Å². The first-order chi connectivity index (χ1) is 13.1. The Kier molecular flexibility index (Phi) is 4.74. The molecule has 0 spiro atoms. The van der Waals surface area contributed by atoms with Crippen LogP contribution in [0.3, 0.4) is 0 Å². The lowest BCUT2D eigenvalue weighted by Gasteiger charge is -2.48. The average Bonchev–Trinajstić information content (AvgIpc) is 2.85. The molecule has 2 aliphatic heterocycles. The van der Waals surface area contributed by atoms with Gasteiger partial charge in [0, 0.05) is 16.6 Å². The van der Waals surface area contributed by atoms with E-state index >= 15 is 0 Å². The van der Waals surface area contributed by atoms with Gasteiger partial charge in [-0.15, -0.1) is 0 Å². The number of benzene rings is 1. The first-order valence-corrected chi connectivity index (χ1v) is 10.7. The summed E-state index contributed by atoms with van der Waals surface area (Å²) in [5, 5.41) is 0.756. The molecule has 152 valence electrons. The Hall–Kier alpha value is -1.59. The summed E-state index contributed by atoms with van der Waals surface area (Å²) < 4.78 is 0. The Morgan fingerprint density at radius 2 is 1.86 bits per heavy atom. The van der Waals surface area contributed by atoms with E-state index < -0.39 is 5.41 Å². The van der Waals surface area contributed by atoms with Crippen molar-refractivity contribution in [3.05, 3.63) is 28.8 Å². The summed E-state index contributed by atoms with van der Waals surface area (Å²) in [6, 6.07) is 6.01. The van der Waals surface area contributed by atoms with Gasteiger partial charge in [0.1, 0.15) is 0 Å². The number of piperazine rings is 1. The highest BCUT2D eigenvalue weighted by Crippen LogP contribution is 2.59. The van der Waals surface area contributed by atoms with Crippen LogP contribution in [0.2, 0.25) is 5.02 Å². The number of amides is 2. The normalized spacial score (nSPS) is 30.2. The monoisotopic (exact) mass is 404 g/mol. The van der Waals surface area contributed by atoms with Crippen molar-refractivity contribution in [2.45, 2.75) is 40.5 Å². The zero-order valence-corrected chi connectivity index (χ0v) is 18.1. The molecule has 2 amide bonds. The molecule has 2 saturated heterocycles. The number of anilines is 1. The van der Waals surface area contributed by atoms with E-state index in [2.05, 4.69) is 38.7 Å². The van der Waals surface area contributed by atoms with Crippen LogP contribution in [0.4, 0.5) is 5.69 Å². The highest BCUT2D eigenvalue weighted by molar-refractivity contribution is 6.30. The lowest BCUT2D eigenvalue weighted by atomic mass is 9.62. The fourth-order valence-corrected chi connectivity index (χ4v) is 5.59. The molecule has 5 nitrogen and oxygen atoms in total. The maximum Gasteiger partial charge on any atom is 0.240 e. The van der Waals surface area contributed by atoms with Gasteiger partial charge < -0.3 is 9.80 Å². The van der Waals surface area contributed by atoms with Gasteiger partial charge in [0.05, 0.1) is 31.6 Å². The number of carbonyl (C=O) groups excluding carboxylic acids is 2. The van der Waals surface area contributed by atoms with Crippen molar-refractivity contribution in [2.24, 2.45) is 16.7 Å². The van der Waals surface area contributed by atoms with Gasteiger partial charge in [-0.3, -0.25) is 9.59 Å². The Balaban J connectivity index is 1.44. The van der Waals surface area contributed by atoms with Gasteiger partial charge in [-0.2, -0.15) is 0 Å². The molecule has 2 heterocycles. The maximum absolute atomic E-state index is 13.2. The summed E-state index contributed by atoms with van der Waals surface area (Å²) in [6.07, 6.45) is 1.66. The molecule has 4 rings (SSSR count). The van der Waals surface area contributed by atoms with E-state index in [1.54, 1.807) is 4.90 Å². The second-order valence-electron chi connectivity index (χ2n) is 9.54. The number of aryl methyl sites for hydroxylation is 1. The third-order valence-corrected chi connectivity index (χ3v) is 8.11. The molecule has 6 heteroatoms. The summed E-state index contributed by atoms with van der Waals surface area (Å²) in [5.41, 5.74) is 1.76. The Labute approximate surface area is 172 Å². The van der Waals surface area contributed by atoms with Crippen LogP contribution in [0.1, 0.15) is 39.2 Å². The fraction of sp³-hybridized carbons (Fsp3) is 0.636. The minimum Gasteiger partial charge on any atom is -0.360 e. The quantitative estimate of drug-likeness (QED) is 0.785. The van der Waals surface area contributed by atoms with Crippen molar-refractivity contribution in [3.63, 3.8) is 0 Å². The number of hydrogen-bond donors (Lipinski definition) is 1. The highest BCUT2D eigenvalue weighted by Gasteiger charge is 2.64. The van der Waals surface area contributed by atoms with E-state index in [4.69, 9.17) is 11.6 Å². The Bertz CT molecular complexity index is 816. The fourth-order valence-electron chi connectivity index (χ4n) is 5.42. The summed E-state index contributed by atoms with van der Waals surface area (Å²) >= 11 is 6.18. The number of piperidine rings is 1. The molecule has 28 heavy (non-hydrogen) atoms. The van der Waals surface area contributed by atoms with Crippen LogP contribution in [-0.4, -0.2) is 49.6 Å². The Morgan fingerprint density at radius 1 is 1.18 bits per heavy atom. The molecule has 0 aromatic heterocycles. The number of quaternary nitrogens is 1. The molecule has 1 aromatic rings. The predicted octanol–water partition coefficient (Wildman–Crippen LogP) is 2.12. The van der Waals surface area contributed by atoms with Crippen molar-refractivity contribution in [1.82, 2.24) is 4.90 Å². The molecule has 2 bridgehead atoms. The molecule has 1 saturated carbocycles. The molecule has 2 atom stereocenters. The molecular weight excluding hydrogens is 374 g/mol. The van der Waals surface area contributed by atoms with Crippen LogP contribution in [0.15, 0.2) is 18.2 Å². The number of carbonyl (C=O) groups is 2. The van der Waals surface area contributed by atoms with Gasteiger partial charge in [0.15, 0.2) is 6.67 Å². The first-order valence-electron chi connectivity index (χ1n) is 10.4. The van der Waals surface area contributed by atoms with Gasteiger partial charge in [0.2, 0.25) is 11.8 Å². The van der Waals surface area contributed by atoms with Gasteiger partial charge in [-0.1, -0.05) is 38.4 Å². The van der Waals surface area contributed by atoms with E-state index in [-0.39, 0.29) is 23.1 Å². The molecule has 0 unspecified atom stereocenters. The maximum atomic E-state index is 13.2. The molecule has 1 aromatic carbocycles. The largest absolute Gasteiger partial charge is 0.360 e. The zero-order chi connectivity index (χ0) is 20.3. The number of halogens is 1. The molecule has 3 aliphatic rings. The number of fused-ring (bicyclic) bond motifs is 2. The number of likely N-dealkylation sites (tertiary alicyclic amines) is 1. The van der Waals surface area contributed by atoms with Crippen LogP contribution >= 0.6 is 11.6 Å². The number of nitrogens with zero attached hydrogens (tertiary/aromatic N) is 2. The number of nitrogens with one attached hydrogen (secondary N) is 1. The second kappa shape index (κ2) is 6.74. The van der Waals surface area contributed by atoms with Crippen molar-refractivity contribution < 1.29 is 14.5 Å². The van der Waals surface area contributed by atoms with Crippen LogP contribution < -0.4 is 9.80 Å². The third kappa shape index (κ3) is 2.86. The topological polar surface area (TPSA) is 45.1 Å². The van der Waals surface area contributed by atoms with E-state index in [9.17, 15) is 9.59 Å². The molecule has 3 fully saturated rings.